The Balaban J connectivity index is 1.88. The van der Waals surface area contributed by atoms with Gasteiger partial charge in [-0.1, -0.05) is 23.8 Å². The van der Waals surface area contributed by atoms with Crippen LogP contribution in [-0.2, 0) is 6.54 Å². The minimum Gasteiger partial charge on any atom is -0.467 e. The van der Waals surface area contributed by atoms with Crippen molar-refractivity contribution in [2.24, 2.45) is 0 Å². The van der Waals surface area contributed by atoms with Crippen molar-refractivity contribution in [3.63, 3.8) is 0 Å². The number of hydrogen-bond donors (Lipinski definition) is 2. The highest BCUT2D eigenvalue weighted by molar-refractivity contribution is 5.93. The van der Waals surface area contributed by atoms with Crippen LogP contribution < -0.4 is 11.0 Å². The molecule has 0 aliphatic heterocycles. The molecule has 3 rings (SSSR count). The molecular formula is C18H17N3O3. The molecule has 0 spiro atoms. The predicted octanol–water partition coefficient (Wildman–Crippen LogP) is 2.58. The number of carbonyl (C=O) groups excluding carboxylic acids is 1. The molecule has 0 saturated heterocycles. The summed E-state index contributed by atoms with van der Waals surface area (Å²) in [7, 11) is 0. The van der Waals surface area contributed by atoms with Gasteiger partial charge in [0.1, 0.15) is 11.5 Å². The molecule has 122 valence electrons. The van der Waals surface area contributed by atoms with E-state index in [0.717, 1.165) is 16.7 Å². The molecule has 0 fully saturated rings. The third-order valence-electron chi connectivity index (χ3n) is 3.65. The third kappa shape index (κ3) is 3.43. The number of benzene rings is 1. The Hall–Kier alpha value is -3.15. The maximum absolute atomic E-state index is 12.3. The number of rotatable bonds is 4. The van der Waals surface area contributed by atoms with E-state index in [1.54, 1.807) is 18.2 Å². The lowest BCUT2D eigenvalue weighted by molar-refractivity contribution is 0.0942. The van der Waals surface area contributed by atoms with E-state index in [2.05, 4.69) is 15.3 Å². The van der Waals surface area contributed by atoms with E-state index in [-0.39, 0.29) is 12.2 Å². The molecule has 0 radical (unpaired) electrons. The Bertz CT molecular complexity index is 927. The van der Waals surface area contributed by atoms with Crippen LogP contribution in [0, 0.1) is 13.8 Å². The topological polar surface area (TPSA) is 88.0 Å². The number of nitrogens with zero attached hydrogens (tertiary/aromatic N) is 1. The van der Waals surface area contributed by atoms with Crippen LogP contribution in [0.1, 0.15) is 27.4 Å². The van der Waals surface area contributed by atoms with E-state index in [1.165, 1.54) is 6.26 Å². The first-order valence-electron chi connectivity index (χ1n) is 7.52. The van der Waals surface area contributed by atoms with Gasteiger partial charge in [0.2, 0.25) is 0 Å². The Morgan fingerprint density at radius 1 is 1.25 bits per heavy atom. The first-order chi connectivity index (χ1) is 11.5. The minimum atomic E-state index is -0.560. The van der Waals surface area contributed by atoms with Gasteiger partial charge in [0, 0.05) is 5.56 Å². The number of hydrogen-bond acceptors (Lipinski definition) is 4. The Morgan fingerprint density at radius 3 is 2.79 bits per heavy atom. The zero-order valence-corrected chi connectivity index (χ0v) is 13.4. The van der Waals surface area contributed by atoms with Crippen LogP contribution in [0.5, 0.6) is 0 Å². The summed E-state index contributed by atoms with van der Waals surface area (Å²) >= 11 is 0. The molecule has 0 bridgehead atoms. The lowest BCUT2D eigenvalue weighted by atomic mass is 10.0. The van der Waals surface area contributed by atoms with Gasteiger partial charge in [0.15, 0.2) is 0 Å². The lowest BCUT2D eigenvalue weighted by Crippen LogP contribution is -2.27. The van der Waals surface area contributed by atoms with Crippen molar-refractivity contribution >= 4 is 5.91 Å². The Labute approximate surface area is 138 Å². The van der Waals surface area contributed by atoms with Gasteiger partial charge in [-0.2, -0.15) is 4.98 Å². The number of aromatic amines is 1. The fraction of sp³-hybridized carbons (Fsp3) is 0.167. The van der Waals surface area contributed by atoms with E-state index >= 15 is 0 Å². The van der Waals surface area contributed by atoms with Gasteiger partial charge in [-0.15, -0.1) is 0 Å². The van der Waals surface area contributed by atoms with E-state index in [9.17, 15) is 9.59 Å². The fourth-order valence-electron chi connectivity index (χ4n) is 2.49. The highest BCUT2D eigenvalue weighted by Gasteiger charge is 2.12. The van der Waals surface area contributed by atoms with E-state index < -0.39 is 11.6 Å². The third-order valence-corrected chi connectivity index (χ3v) is 3.65. The maximum atomic E-state index is 12.3. The van der Waals surface area contributed by atoms with Crippen LogP contribution in [0.3, 0.4) is 0 Å². The molecule has 1 amide bonds. The molecular weight excluding hydrogens is 306 g/mol. The molecule has 3 aromatic rings. The van der Waals surface area contributed by atoms with Crippen LogP contribution in [-0.4, -0.2) is 15.9 Å². The normalized spacial score (nSPS) is 10.6. The second-order valence-electron chi connectivity index (χ2n) is 5.57. The van der Waals surface area contributed by atoms with E-state index in [4.69, 9.17) is 4.42 Å². The van der Waals surface area contributed by atoms with Crippen molar-refractivity contribution < 1.29 is 9.21 Å². The van der Waals surface area contributed by atoms with Gasteiger partial charge < -0.3 is 14.7 Å². The summed E-state index contributed by atoms with van der Waals surface area (Å²) in [6.07, 6.45) is 1.54. The number of amides is 1. The first kappa shape index (κ1) is 15.7. The summed E-state index contributed by atoms with van der Waals surface area (Å²) in [5.74, 6) is 0.242. The zero-order chi connectivity index (χ0) is 17.1. The quantitative estimate of drug-likeness (QED) is 0.772. The summed E-state index contributed by atoms with van der Waals surface area (Å²) in [5, 5.41) is 2.70. The maximum Gasteiger partial charge on any atom is 0.346 e. The summed E-state index contributed by atoms with van der Waals surface area (Å²) in [6.45, 7) is 4.19. The van der Waals surface area contributed by atoms with Crippen LogP contribution in [0.4, 0.5) is 0 Å². The standard InChI is InChI=1S/C18H17N3O3/c1-11-5-6-14(12(2)8-11)15-9-16(21-18(23)20-15)17(22)19-10-13-4-3-7-24-13/h3-9H,10H2,1-2H3,(H,19,22)(H,20,21,23). The van der Waals surface area contributed by atoms with Gasteiger partial charge in [-0.25, -0.2) is 4.79 Å². The molecule has 2 heterocycles. The van der Waals surface area contributed by atoms with E-state index in [1.807, 2.05) is 32.0 Å². The molecule has 0 aliphatic carbocycles. The number of H-pyrrole nitrogens is 1. The van der Waals surface area contributed by atoms with Crippen molar-refractivity contribution in [3.8, 4) is 11.3 Å². The van der Waals surface area contributed by atoms with Gasteiger partial charge in [-0.3, -0.25) is 4.79 Å². The lowest BCUT2D eigenvalue weighted by Gasteiger charge is -2.08. The predicted molar refractivity (Wildman–Crippen MR) is 89.6 cm³/mol. The monoisotopic (exact) mass is 323 g/mol. The van der Waals surface area contributed by atoms with Crippen LogP contribution in [0.25, 0.3) is 11.3 Å². The van der Waals surface area contributed by atoms with Gasteiger partial charge in [0.05, 0.1) is 18.5 Å². The van der Waals surface area contributed by atoms with Crippen LogP contribution >= 0.6 is 0 Å². The van der Waals surface area contributed by atoms with Crippen molar-refractivity contribution in [3.05, 3.63) is 75.7 Å². The number of nitrogens with one attached hydrogen (secondary N) is 2. The number of aryl methyl sites for hydroxylation is 2. The Morgan fingerprint density at radius 2 is 2.08 bits per heavy atom. The molecule has 6 heteroatoms. The number of furan rings is 1. The zero-order valence-electron chi connectivity index (χ0n) is 13.4. The highest BCUT2D eigenvalue weighted by Crippen LogP contribution is 2.21. The average Bonchev–Trinajstić information content (AvgIpc) is 3.05. The van der Waals surface area contributed by atoms with Gasteiger partial charge in [0.25, 0.3) is 5.91 Å². The molecule has 2 N–H and O–H groups in total. The fourth-order valence-corrected chi connectivity index (χ4v) is 2.49. The smallest absolute Gasteiger partial charge is 0.346 e. The summed E-state index contributed by atoms with van der Waals surface area (Å²) < 4.78 is 5.16. The van der Waals surface area contributed by atoms with Crippen molar-refractivity contribution in [2.75, 3.05) is 0 Å². The molecule has 0 aliphatic rings. The van der Waals surface area contributed by atoms with Crippen LogP contribution in [0.2, 0.25) is 0 Å². The van der Waals surface area contributed by atoms with Crippen molar-refractivity contribution in [1.82, 2.24) is 15.3 Å². The molecule has 0 saturated carbocycles. The van der Waals surface area contributed by atoms with Crippen molar-refractivity contribution in [2.45, 2.75) is 20.4 Å². The summed E-state index contributed by atoms with van der Waals surface area (Å²) in [6, 6.07) is 10.9. The molecule has 24 heavy (non-hydrogen) atoms. The number of carbonyl (C=O) groups is 1. The molecule has 6 nitrogen and oxygen atoms in total. The van der Waals surface area contributed by atoms with E-state index in [0.29, 0.717) is 11.5 Å². The SMILES string of the molecule is Cc1ccc(-c2cc(C(=O)NCc3ccco3)[nH]c(=O)n2)c(C)c1. The summed E-state index contributed by atoms with van der Waals surface area (Å²) in [4.78, 5) is 30.5. The molecule has 1 aromatic carbocycles. The van der Waals surface area contributed by atoms with Crippen LogP contribution in [0.15, 0.2) is 51.9 Å². The highest BCUT2D eigenvalue weighted by atomic mass is 16.3. The van der Waals surface area contributed by atoms with Crippen molar-refractivity contribution in [1.29, 1.82) is 0 Å². The Kier molecular flexibility index (Phi) is 4.29. The van der Waals surface area contributed by atoms with Gasteiger partial charge in [-0.05, 0) is 37.6 Å². The molecule has 2 aromatic heterocycles. The number of aromatic nitrogens is 2. The minimum absolute atomic E-state index is 0.163. The first-order valence-corrected chi connectivity index (χ1v) is 7.52. The molecule has 0 unspecified atom stereocenters. The largest absolute Gasteiger partial charge is 0.467 e. The molecule has 0 atom stereocenters. The van der Waals surface area contributed by atoms with Gasteiger partial charge >= 0.3 is 5.69 Å². The second-order valence-corrected chi connectivity index (χ2v) is 5.57. The second kappa shape index (κ2) is 6.54. The average molecular weight is 323 g/mol. The summed E-state index contributed by atoms with van der Waals surface area (Å²) in [5.41, 5.74) is 3.02.